The largest absolute Gasteiger partial charge is 0.462 e. The highest BCUT2D eigenvalue weighted by Crippen LogP contribution is 2.25. The third-order valence-corrected chi connectivity index (χ3v) is 3.45. The molecule has 2 N–H and O–H groups in total. The second kappa shape index (κ2) is 9.35. The zero-order valence-electron chi connectivity index (χ0n) is 13.5. The third kappa shape index (κ3) is 7.22. The first-order valence-corrected chi connectivity index (χ1v) is 7.78. The van der Waals surface area contributed by atoms with E-state index in [1.807, 2.05) is 7.05 Å². The van der Waals surface area contributed by atoms with Crippen LogP contribution in [0.1, 0.15) is 52.9 Å². The molecule has 0 aromatic heterocycles. The normalized spacial score (nSPS) is 28.9. The van der Waals surface area contributed by atoms with Gasteiger partial charge >= 0.3 is 5.97 Å². The van der Waals surface area contributed by atoms with Gasteiger partial charge in [-0.05, 0) is 20.4 Å². The van der Waals surface area contributed by atoms with Crippen LogP contribution in [0.2, 0.25) is 0 Å². The van der Waals surface area contributed by atoms with Crippen molar-refractivity contribution in [3.63, 3.8) is 0 Å². The Morgan fingerprint density at radius 2 is 2.19 bits per heavy atom. The Morgan fingerprint density at radius 1 is 1.48 bits per heavy atom. The van der Waals surface area contributed by atoms with Gasteiger partial charge in [0, 0.05) is 26.2 Å². The van der Waals surface area contributed by atoms with Gasteiger partial charge < -0.3 is 19.3 Å². The predicted molar refractivity (Wildman–Crippen MR) is 78.6 cm³/mol. The van der Waals surface area contributed by atoms with Crippen molar-refractivity contribution in [1.82, 2.24) is 5.32 Å². The second-order valence-corrected chi connectivity index (χ2v) is 5.68. The van der Waals surface area contributed by atoms with Crippen LogP contribution in [-0.2, 0) is 19.0 Å². The molecule has 0 aromatic rings. The standard InChI is InChI=1S/C15H29NO5/c1-5-6-15-20-13(9-14(16-4)21-15)8-12(7-10(2)17)19-11(3)18/h10,12-17H,5-9H2,1-4H3. The molecule has 0 bridgehead atoms. The minimum atomic E-state index is -0.513. The third-order valence-electron chi connectivity index (χ3n) is 3.45. The Kier molecular flexibility index (Phi) is 8.18. The Labute approximate surface area is 127 Å². The van der Waals surface area contributed by atoms with E-state index in [1.165, 1.54) is 6.92 Å². The number of nitrogens with one attached hydrogen (secondary N) is 1. The van der Waals surface area contributed by atoms with E-state index in [0.29, 0.717) is 19.3 Å². The van der Waals surface area contributed by atoms with E-state index in [4.69, 9.17) is 14.2 Å². The molecule has 124 valence electrons. The summed E-state index contributed by atoms with van der Waals surface area (Å²) in [7, 11) is 1.86. The lowest BCUT2D eigenvalue weighted by molar-refractivity contribution is -0.255. The maximum atomic E-state index is 11.2. The molecule has 1 saturated heterocycles. The zero-order valence-corrected chi connectivity index (χ0v) is 13.5. The fourth-order valence-corrected chi connectivity index (χ4v) is 2.59. The molecule has 0 amide bonds. The van der Waals surface area contributed by atoms with Crippen molar-refractivity contribution in [2.45, 2.75) is 83.7 Å². The van der Waals surface area contributed by atoms with Gasteiger partial charge in [0.15, 0.2) is 6.29 Å². The smallest absolute Gasteiger partial charge is 0.302 e. The fraction of sp³-hybridized carbons (Fsp3) is 0.933. The molecule has 0 aliphatic carbocycles. The summed E-state index contributed by atoms with van der Waals surface area (Å²) in [4.78, 5) is 11.2. The number of carbonyl (C=O) groups is 1. The van der Waals surface area contributed by atoms with Gasteiger partial charge in [0.2, 0.25) is 0 Å². The van der Waals surface area contributed by atoms with Gasteiger partial charge in [0.1, 0.15) is 12.3 Å². The Balaban J connectivity index is 2.59. The number of aliphatic hydroxyl groups is 1. The van der Waals surface area contributed by atoms with Crippen molar-refractivity contribution in [3.8, 4) is 0 Å². The fourth-order valence-electron chi connectivity index (χ4n) is 2.59. The Morgan fingerprint density at radius 3 is 2.71 bits per heavy atom. The van der Waals surface area contributed by atoms with Gasteiger partial charge in [0.05, 0.1) is 12.2 Å². The average molecular weight is 303 g/mol. The monoisotopic (exact) mass is 303 g/mol. The molecule has 0 spiro atoms. The summed E-state index contributed by atoms with van der Waals surface area (Å²) < 4.78 is 17.0. The number of esters is 1. The molecule has 5 atom stereocenters. The first kappa shape index (κ1) is 18.4. The van der Waals surface area contributed by atoms with E-state index < -0.39 is 6.10 Å². The highest BCUT2D eigenvalue weighted by atomic mass is 16.7. The maximum Gasteiger partial charge on any atom is 0.302 e. The van der Waals surface area contributed by atoms with Crippen molar-refractivity contribution in [1.29, 1.82) is 0 Å². The van der Waals surface area contributed by atoms with Gasteiger partial charge in [-0.25, -0.2) is 0 Å². The van der Waals surface area contributed by atoms with Crippen LogP contribution in [0.5, 0.6) is 0 Å². The molecule has 6 heteroatoms. The number of carbonyl (C=O) groups excluding carboxylic acids is 1. The van der Waals surface area contributed by atoms with Crippen LogP contribution < -0.4 is 5.32 Å². The minimum Gasteiger partial charge on any atom is -0.462 e. The molecule has 1 fully saturated rings. The SMILES string of the molecule is CCCC1OC(CC(CC(C)O)OC(C)=O)CC(NC)O1. The maximum absolute atomic E-state index is 11.2. The lowest BCUT2D eigenvalue weighted by Gasteiger charge is -2.37. The van der Waals surface area contributed by atoms with Crippen molar-refractivity contribution in [3.05, 3.63) is 0 Å². The molecule has 5 unspecified atom stereocenters. The molecule has 21 heavy (non-hydrogen) atoms. The molecule has 1 rings (SSSR count). The first-order valence-electron chi connectivity index (χ1n) is 7.78. The van der Waals surface area contributed by atoms with Crippen LogP contribution in [0.3, 0.4) is 0 Å². The zero-order chi connectivity index (χ0) is 15.8. The number of rotatable bonds is 8. The van der Waals surface area contributed by atoms with E-state index in [1.54, 1.807) is 6.92 Å². The van der Waals surface area contributed by atoms with Gasteiger partial charge in [-0.15, -0.1) is 0 Å². The number of ether oxygens (including phenoxy) is 3. The van der Waals surface area contributed by atoms with E-state index in [9.17, 15) is 9.90 Å². The van der Waals surface area contributed by atoms with Crippen molar-refractivity contribution < 1.29 is 24.1 Å². The predicted octanol–water partition coefficient (Wildman–Crippen LogP) is 1.56. The number of hydrogen-bond donors (Lipinski definition) is 2. The molecule has 0 radical (unpaired) electrons. The first-order chi connectivity index (χ1) is 9.94. The second-order valence-electron chi connectivity index (χ2n) is 5.68. The summed E-state index contributed by atoms with van der Waals surface area (Å²) in [5.41, 5.74) is 0. The van der Waals surface area contributed by atoms with Crippen LogP contribution in [0.4, 0.5) is 0 Å². The summed E-state index contributed by atoms with van der Waals surface area (Å²) in [6.45, 7) is 5.16. The average Bonchev–Trinajstić information content (AvgIpc) is 2.37. The number of hydrogen-bond acceptors (Lipinski definition) is 6. The quantitative estimate of drug-likeness (QED) is 0.663. The summed E-state index contributed by atoms with van der Waals surface area (Å²) >= 11 is 0. The molecule has 1 aliphatic rings. The van der Waals surface area contributed by atoms with Crippen LogP contribution in [-0.4, -0.2) is 49.0 Å². The highest BCUT2D eigenvalue weighted by molar-refractivity contribution is 5.66. The van der Waals surface area contributed by atoms with Crippen LogP contribution in [0, 0.1) is 0 Å². The van der Waals surface area contributed by atoms with E-state index in [2.05, 4.69) is 12.2 Å². The highest BCUT2D eigenvalue weighted by Gasteiger charge is 2.31. The van der Waals surface area contributed by atoms with Crippen LogP contribution >= 0.6 is 0 Å². The molecule has 6 nitrogen and oxygen atoms in total. The van der Waals surface area contributed by atoms with Crippen molar-refractivity contribution in [2.75, 3.05) is 7.05 Å². The Hall–Kier alpha value is -0.690. The van der Waals surface area contributed by atoms with Crippen LogP contribution in [0.25, 0.3) is 0 Å². The van der Waals surface area contributed by atoms with Gasteiger partial charge in [-0.2, -0.15) is 0 Å². The van der Waals surface area contributed by atoms with E-state index >= 15 is 0 Å². The van der Waals surface area contributed by atoms with Crippen molar-refractivity contribution >= 4 is 5.97 Å². The van der Waals surface area contributed by atoms with Gasteiger partial charge in [-0.3, -0.25) is 10.1 Å². The summed E-state index contributed by atoms with van der Waals surface area (Å²) in [6.07, 6.45) is 2.35. The van der Waals surface area contributed by atoms with Crippen molar-refractivity contribution in [2.24, 2.45) is 0 Å². The van der Waals surface area contributed by atoms with E-state index in [0.717, 1.165) is 12.8 Å². The summed E-state index contributed by atoms with van der Waals surface area (Å²) in [5, 5.41) is 12.6. The molecule has 0 aromatic carbocycles. The molecular formula is C15H29NO5. The summed E-state index contributed by atoms with van der Waals surface area (Å²) in [6, 6.07) is 0. The Bertz CT molecular complexity index is 310. The van der Waals surface area contributed by atoms with E-state index in [-0.39, 0.29) is 30.7 Å². The van der Waals surface area contributed by atoms with Crippen LogP contribution in [0.15, 0.2) is 0 Å². The number of aliphatic hydroxyl groups excluding tert-OH is 1. The summed E-state index contributed by atoms with van der Waals surface area (Å²) in [5.74, 6) is -0.331. The van der Waals surface area contributed by atoms with Gasteiger partial charge in [-0.1, -0.05) is 13.3 Å². The lowest BCUT2D eigenvalue weighted by atomic mass is 10.0. The minimum absolute atomic E-state index is 0.0455. The molecule has 0 saturated carbocycles. The lowest BCUT2D eigenvalue weighted by Crippen LogP contribution is -2.45. The molecule has 1 heterocycles. The van der Waals surface area contributed by atoms with Gasteiger partial charge in [0.25, 0.3) is 0 Å². The molecule has 1 aliphatic heterocycles. The molecular weight excluding hydrogens is 274 g/mol. The topological polar surface area (TPSA) is 77.0 Å².